The molecule has 29 heavy (non-hydrogen) atoms. The molecule has 5 heteroatoms. The van der Waals surface area contributed by atoms with Crippen molar-refractivity contribution in [3.05, 3.63) is 64.1 Å². The van der Waals surface area contributed by atoms with E-state index in [1.54, 1.807) is 0 Å². The van der Waals surface area contributed by atoms with Crippen LogP contribution in [0.1, 0.15) is 44.6 Å². The molecule has 2 aliphatic heterocycles. The van der Waals surface area contributed by atoms with Crippen molar-refractivity contribution in [1.82, 2.24) is 10.2 Å². The maximum Gasteiger partial charge on any atom is 0.251 e. The van der Waals surface area contributed by atoms with Gasteiger partial charge in [-0.1, -0.05) is 37.6 Å². The van der Waals surface area contributed by atoms with Gasteiger partial charge >= 0.3 is 0 Å². The molecule has 2 heterocycles. The first-order chi connectivity index (χ1) is 14.1. The lowest BCUT2D eigenvalue weighted by molar-refractivity contribution is -0.114. The Hall–Kier alpha value is -2.53. The van der Waals surface area contributed by atoms with Gasteiger partial charge in [0, 0.05) is 26.2 Å². The molecule has 3 N–H and O–H groups in total. The minimum atomic E-state index is -0.306. The van der Waals surface area contributed by atoms with Gasteiger partial charge in [-0.3, -0.25) is 9.69 Å². The van der Waals surface area contributed by atoms with E-state index >= 15 is 0 Å². The van der Waals surface area contributed by atoms with Crippen molar-refractivity contribution in [3.8, 4) is 0 Å². The van der Waals surface area contributed by atoms with Crippen LogP contribution in [0.5, 0.6) is 0 Å². The van der Waals surface area contributed by atoms with E-state index in [9.17, 15) is 4.79 Å². The molecular formula is C24H32N4O. The lowest BCUT2D eigenvalue weighted by atomic mass is 9.92. The fourth-order valence-corrected chi connectivity index (χ4v) is 4.80. The van der Waals surface area contributed by atoms with Crippen molar-refractivity contribution in [2.24, 2.45) is 5.73 Å². The Morgan fingerprint density at radius 1 is 1.17 bits per heavy atom. The SMILES string of the molecule is CCC/C=C1\C(C(N)=O)=C2CCCC2=C(N2CCNCC2)N1c1ccccc1C. The maximum atomic E-state index is 12.7. The molecule has 0 aromatic heterocycles. The van der Waals surface area contributed by atoms with Gasteiger partial charge in [0.15, 0.2) is 0 Å². The highest BCUT2D eigenvalue weighted by atomic mass is 16.1. The number of para-hydroxylation sites is 1. The van der Waals surface area contributed by atoms with E-state index in [2.05, 4.69) is 59.3 Å². The van der Waals surface area contributed by atoms with E-state index in [1.807, 2.05) is 0 Å². The summed E-state index contributed by atoms with van der Waals surface area (Å²) >= 11 is 0. The van der Waals surface area contributed by atoms with Gasteiger partial charge in [0.25, 0.3) is 5.91 Å². The number of hydrogen-bond donors (Lipinski definition) is 2. The van der Waals surface area contributed by atoms with Crippen molar-refractivity contribution >= 4 is 11.6 Å². The predicted octanol–water partition coefficient (Wildman–Crippen LogP) is 3.58. The van der Waals surface area contributed by atoms with Crippen LogP contribution >= 0.6 is 0 Å². The van der Waals surface area contributed by atoms with Crippen molar-refractivity contribution in [1.29, 1.82) is 0 Å². The van der Waals surface area contributed by atoms with Crippen LogP contribution in [0.25, 0.3) is 0 Å². The highest BCUT2D eigenvalue weighted by Crippen LogP contribution is 2.47. The van der Waals surface area contributed by atoms with Crippen molar-refractivity contribution in [3.63, 3.8) is 0 Å². The molecule has 1 aliphatic carbocycles. The molecule has 3 aliphatic rings. The third-order valence-electron chi connectivity index (χ3n) is 6.14. The molecule has 2 fully saturated rings. The minimum Gasteiger partial charge on any atom is -0.366 e. The minimum absolute atomic E-state index is 0.306. The quantitative estimate of drug-likeness (QED) is 0.804. The van der Waals surface area contributed by atoms with E-state index in [1.165, 1.54) is 22.5 Å². The summed E-state index contributed by atoms with van der Waals surface area (Å²) in [6, 6.07) is 8.46. The lowest BCUT2D eigenvalue weighted by Crippen LogP contribution is -2.49. The number of amides is 1. The van der Waals surface area contributed by atoms with Crippen LogP contribution < -0.4 is 16.0 Å². The molecule has 4 rings (SSSR count). The van der Waals surface area contributed by atoms with Gasteiger partial charge in [-0.15, -0.1) is 0 Å². The highest BCUT2D eigenvalue weighted by molar-refractivity contribution is 6.01. The van der Waals surface area contributed by atoms with Crippen molar-refractivity contribution in [2.75, 3.05) is 31.1 Å². The van der Waals surface area contributed by atoms with Gasteiger partial charge in [-0.25, -0.2) is 0 Å². The number of aryl methyl sites for hydroxylation is 1. The van der Waals surface area contributed by atoms with Crippen LogP contribution in [0.2, 0.25) is 0 Å². The van der Waals surface area contributed by atoms with Crippen LogP contribution in [-0.2, 0) is 4.79 Å². The second-order valence-electron chi connectivity index (χ2n) is 8.11. The van der Waals surface area contributed by atoms with Crippen LogP contribution in [0, 0.1) is 6.92 Å². The fourth-order valence-electron chi connectivity index (χ4n) is 4.80. The number of rotatable bonds is 5. The maximum absolute atomic E-state index is 12.7. The number of piperazine rings is 1. The topological polar surface area (TPSA) is 61.6 Å². The number of carbonyl (C=O) groups excluding carboxylic acids is 1. The summed E-state index contributed by atoms with van der Waals surface area (Å²) in [5.74, 6) is 0.959. The molecule has 0 atom stereocenters. The number of benzene rings is 1. The first-order valence-electron chi connectivity index (χ1n) is 10.9. The van der Waals surface area contributed by atoms with Gasteiger partial charge in [0.2, 0.25) is 0 Å². The largest absolute Gasteiger partial charge is 0.366 e. The van der Waals surface area contributed by atoms with E-state index in [0.717, 1.165) is 75.2 Å². The van der Waals surface area contributed by atoms with Gasteiger partial charge < -0.3 is 16.0 Å². The Morgan fingerprint density at radius 3 is 2.59 bits per heavy atom. The molecule has 1 saturated heterocycles. The molecule has 0 radical (unpaired) electrons. The normalized spacial score (nSPS) is 21.2. The number of allylic oxidation sites excluding steroid dienone is 3. The smallest absolute Gasteiger partial charge is 0.251 e. The molecule has 0 bridgehead atoms. The number of primary amides is 1. The molecule has 0 unspecified atom stereocenters. The third-order valence-corrected chi connectivity index (χ3v) is 6.14. The van der Waals surface area contributed by atoms with Crippen molar-refractivity contribution in [2.45, 2.75) is 46.0 Å². The summed E-state index contributed by atoms with van der Waals surface area (Å²) in [4.78, 5) is 17.5. The van der Waals surface area contributed by atoms with Gasteiger partial charge in [0.1, 0.15) is 5.82 Å². The van der Waals surface area contributed by atoms with Crippen molar-refractivity contribution < 1.29 is 4.79 Å². The average Bonchev–Trinajstić information content (AvgIpc) is 3.20. The molecule has 154 valence electrons. The monoisotopic (exact) mass is 392 g/mol. The van der Waals surface area contributed by atoms with E-state index in [4.69, 9.17) is 5.73 Å². The molecule has 0 spiro atoms. The van der Waals surface area contributed by atoms with E-state index < -0.39 is 0 Å². The fraction of sp³-hybridized carbons (Fsp3) is 0.458. The van der Waals surface area contributed by atoms with Gasteiger partial charge in [-0.2, -0.15) is 0 Å². The Kier molecular flexibility index (Phi) is 5.76. The first kappa shape index (κ1) is 19.8. The molecule has 1 amide bonds. The zero-order chi connectivity index (χ0) is 20.4. The zero-order valence-electron chi connectivity index (χ0n) is 17.6. The van der Waals surface area contributed by atoms with Crippen LogP contribution in [0.3, 0.4) is 0 Å². The number of anilines is 1. The Labute approximate surface area is 173 Å². The summed E-state index contributed by atoms with van der Waals surface area (Å²) < 4.78 is 0. The van der Waals surface area contributed by atoms with Crippen LogP contribution in [-0.4, -0.2) is 37.0 Å². The molecular weight excluding hydrogens is 360 g/mol. The predicted molar refractivity (Wildman–Crippen MR) is 118 cm³/mol. The second kappa shape index (κ2) is 8.46. The Bertz CT molecular complexity index is 890. The number of fused-ring (bicyclic) bond motifs is 1. The number of hydrogen-bond acceptors (Lipinski definition) is 4. The second-order valence-corrected chi connectivity index (χ2v) is 8.11. The summed E-state index contributed by atoms with van der Waals surface area (Å²) in [7, 11) is 0. The number of carbonyl (C=O) groups is 1. The standard InChI is InChI=1S/C24H32N4O/c1-3-4-11-21-22(23(25)29)18-9-7-10-19(18)24(27-15-13-26-14-16-27)28(21)20-12-6-5-8-17(20)2/h5-6,8,11-12,26H,3-4,7,9-10,13-16H2,1-2H3,(H2,25,29)/b21-11+. The molecule has 5 nitrogen and oxygen atoms in total. The summed E-state index contributed by atoms with van der Waals surface area (Å²) in [5.41, 5.74) is 12.5. The molecule has 1 aromatic carbocycles. The van der Waals surface area contributed by atoms with Crippen LogP contribution in [0.15, 0.2) is 58.6 Å². The molecule has 1 saturated carbocycles. The number of unbranched alkanes of at least 4 members (excludes halogenated alkanes) is 1. The number of nitrogens with zero attached hydrogens (tertiary/aromatic N) is 2. The number of nitrogens with two attached hydrogens (primary N) is 1. The molecule has 1 aromatic rings. The summed E-state index contributed by atoms with van der Waals surface area (Å²) in [5, 5.41) is 3.47. The van der Waals surface area contributed by atoms with E-state index in [-0.39, 0.29) is 5.91 Å². The van der Waals surface area contributed by atoms with Crippen LogP contribution in [0.4, 0.5) is 5.69 Å². The Morgan fingerprint density at radius 2 is 1.90 bits per heavy atom. The average molecular weight is 393 g/mol. The highest BCUT2D eigenvalue weighted by Gasteiger charge is 2.38. The lowest BCUT2D eigenvalue weighted by Gasteiger charge is -2.44. The summed E-state index contributed by atoms with van der Waals surface area (Å²) in [6.45, 7) is 8.22. The number of nitrogens with one attached hydrogen (secondary N) is 1. The van der Waals surface area contributed by atoms with Gasteiger partial charge in [-0.05, 0) is 55.4 Å². The van der Waals surface area contributed by atoms with Gasteiger partial charge in [0.05, 0.1) is 17.0 Å². The first-order valence-corrected chi connectivity index (χ1v) is 10.9. The zero-order valence-corrected chi connectivity index (χ0v) is 17.6. The third kappa shape index (κ3) is 3.60. The van der Waals surface area contributed by atoms with E-state index in [0.29, 0.717) is 0 Å². The Balaban J connectivity index is 1.98. The summed E-state index contributed by atoms with van der Waals surface area (Å²) in [6.07, 6.45) is 7.21.